The molecule has 0 aliphatic carbocycles. The first kappa shape index (κ1) is 13.1. The first-order valence-electron chi connectivity index (χ1n) is 6.36. The third-order valence-corrected chi connectivity index (χ3v) is 3.54. The van der Waals surface area contributed by atoms with Gasteiger partial charge in [0.15, 0.2) is 0 Å². The lowest BCUT2D eigenvalue weighted by Gasteiger charge is -2.36. The molecule has 0 bridgehead atoms. The maximum absolute atomic E-state index is 11.4. The van der Waals surface area contributed by atoms with Crippen LogP contribution in [0, 0.1) is 0 Å². The Labute approximate surface area is 108 Å². The van der Waals surface area contributed by atoms with Crippen molar-refractivity contribution in [3.63, 3.8) is 0 Å². The fourth-order valence-corrected chi connectivity index (χ4v) is 2.34. The number of benzene rings is 1. The molecule has 0 radical (unpaired) electrons. The van der Waals surface area contributed by atoms with E-state index in [1.54, 1.807) is 0 Å². The third-order valence-electron chi connectivity index (χ3n) is 3.54. The van der Waals surface area contributed by atoms with Crippen molar-refractivity contribution in [3.05, 3.63) is 35.9 Å². The number of likely N-dealkylation sites (N-methyl/N-ethyl adjacent to an activating group) is 1. The Morgan fingerprint density at radius 1 is 1.22 bits per heavy atom. The first-order valence-corrected chi connectivity index (χ1v) is 6.36. The van der Waals surface area contributed by atoms with Gasteiger partial charge in [0, 0.05) is 26.2 Å². The van der Waals surface area contributed by atoms with E-state index in [9.17, 15) is 9.90 Å². The van der Waals surface area contributed by atoms with E-state index in [-0.39, 0.29) is 0 Å². The second kappa shape index (κ2) is 5.98. The molecule has 1 aliphatic heterocycles. The largest absolute Gasteiger partial charge is 0.480 e. The summed E-state index contributed by atoms with van der Waals surface area (Å²) in [4.78, 5) is 15.7. The fraction of sp³-hybridized carbons (Fsp3) is 0.500. The molecule has 1 N–H and O–H groups in total. The summed E-state index contributed by atoms with van der Waals surface area (Å²) in [6.07, 6.45) is 0.583. The molecule has 1 aliphatic rings. The van der Waals surface area contributed by atoms with Gasteiger partial charge in [0.25, 0.3) is 0 Å². The molecule has 4 nitrogen and oxygen atoms in total. The fourth-order valence-electron chi connectivity index (χ4n) is 2.34. The minimum atomic E-state index is -0.719. The van der Waals surface area contributed by atoms with Crippen LogP contribution in [0.25, 0.3) is 0 Å². The monoisotopic (exact) mass is 248 g/mol. The quantitative estimate of drug-likeness (QED) is 0.861. The maximum Gasteiger partial charge on any atom is 0.321 e. The second-order valence-corrected chi connectivity index (χ2v) is 4.88. The van der Waals surface area contributed by atoms with Crippen LogP contribution in [0.5, 0.6) is 0 Å². The van der Waals surface area contributed by atoms with Gasteiger partial charge < -0.3 is 10.0 Å². The molecule has 18 heavy (non-hydrogen) atoms. The summed E-state index contributed by atoms with van der Waals surface area (Å²) in [7, 11) is 2.07. The van der Waals surface area contributed by atoms with Crippen LogP contribution in [0.2, 0.25) is 0 Å². The van der Waals surface area contributed by atoms with Gasteiger partial charge in [-0.2, -0.15) is 0 Å². The molecule has 1 aromatic carbocycles. The molecule has 1 saturated heterocycles. The van der Waals surface area contributed by atoms with Crippen molar-refractivity contribution in [2.45, 2.75) is 12.5 Å². The number of aliphatic carboxylic acids is 1. The predicted molar refractivity (Wildman–Crippen MR) is 70.6 cm³/mol. The van der Waals surface area contributed by atoms with E-state index >= 15 is 0 Å². The number of carboxylic acids is 1. The molecule has 1 fully saturated rings. The number of carboxylic acid groups (broad SMARTS) is 1. The zero-order valence-corrected chi connectivity index (χ0v) is 10.7. The van der Waals surface area contributed by atoms with Crippen molar-refractivity contribution < 1.29 is 9.90 Å². The van der Waals surface area contributed by atoms with E-state index in [1.807, 2.05) is 30.3 Å². The van der Waals surface area contributed by atoms with Crippen molar-refractivity contribution in [3.8, 4) is 0 Å². The van der Waals surface area contributed by atoms with Gasteiger partial charge in [-0.3, -0.25) is 9.69 Å². The molecule has 1 aromatic rings. The molecular formula is C14H20N2O2. The van der Waals surface area contributed by atoms with E-state index in [2.05, 4.69) is 16.8 Å². The summed E-state index contributed by atoms with van der Waals surface area (Å²) in [5, 5.41) is 9.40. The van der Waals surface area contributed by atoms with E-state index in [0.717, 1.165) is 31.7 Å². The highest BCUT2D eigenvalue weighted by molar-refractivity contribution is 5.74. The summed E-state index contributed by atoms with van der Waals surface area (Å²) in [6, 6.07) is 9.45. The predicted octanol–water partition coefficient (Wildman–Crippen LogP) is 0.930. The smallest absolute Gasteiger partial charge is 0.321 e. The minimum absolute atomic E-state index is 0.402. The first-order chi connectivity index (χ1) is 8.66. The van der Waals surface area contributed by atoms with Crippen molar-refractivity contribution in [1.82, 2.24) is 9.80 Å². The van der Waals surface area contributed by atoms with Gasteiger partial charge in [0.05, 0.1) is 0 Å². The Kier molecular flexibility index (Phi) is 4.33. The van der Waals surface area contributed by atoms with Crippen LogP contribution in [-0.2, 0) is 11.2 Å². The molecule has 1 heterocycles. The van der Waals surface area contributed by atoms with Crippen molar-refractivity contribution in [2.24, 2.45) is 0 Å². The van der Waals surface area contributed by atoms with Crippen LogP contribution >= 0.6 is 0 Å². The Hall–Kier alpha value is -1.39. The average molecular weight is 248 g/mol. The van der Waals surface area contributed by atoms with Crippen molar-refractivity contribution in [1.29, 1.82) is 0 Å². The van der Waals surface area contributed by atoms with E-state index in [1.165, 1.54) is 0 Å². The second-order valence-electron chi connectivity index (χ2n) is 4.88. The Bertz CT molecular complexity index is 386. The maximum atomic E-state index is 11.4. The van der Waals surface area contributed by atoms with Crippen molar-refractivity contribution in [2.75, 3.05) is 33.2 Å². The molecule has 0 saturated carbocycles. The van der Waals surface area contributed by atoms with Gasteiger partial charge in [-0.25, -0.2) is 0 Å². The van der Waals surface area contributed by atoms with Crippen LogP contribution in [0.4, 0.5) is 0 Å². The van der Waals surface area contributed by atoms with Gasteiger partial charge in [-0.15, -0.1) is 0 Å². The molecule has 0 spiro atoms. The molecule has 1 atom stereocenters. The molecule has 0 amide bonds. The Morgan fingerprint density at radius 2 is 1.83 bits per heavy atom. The molecule has 0 unspecified atom stereocenters. The lowest BCUT2D eigenvalue weighted by molar-refractivity contribution is -0.144. The van der Waals surface area contributed by atoms with Crippen LogP contribution in [-0.4, -0.2) is 60.1 Å². The number of hydrogen-bond donors (Lipinski definition) is 1. The highest BCUT2D eigenvalue weighted by Gasteiger charge is 2.27. The Balaban J connectivity index is 2.02. The lowest BCUT2D eigenvalue weighted by Crippen LogP contribution is -2.52. The molecule has 2 rings (SSSR count). The van der Waals surface area contributed by atoms with Gasteiger partial charge in [-0.05, 0) is 19.0 Å². The van der Waals surface area contributed by atoms with Crippen LogP contribution < -0.4 is 0 Å². The number of nitrogens with zero attached hydrogens (tertiary/aromatic N) is 2. The zero-order valence-electron chi connectivity index (χ0n) is 10.7. The van der Waals surface area contributed by atoms with E-state index in [4.69, 9.17) is 0 Å². The highest BCUT2D eigenvalue weighted by Crippen LogP contribution is 2.12. The summed E-state index contributed by atoms with van der Waals surface area (Å²) in [5.74, 6) is -0.719. The summed E-state index contributed by atoms with van der Waals surface area (Å²) in [6.45, 7) is 3.55. The third kappa shape index (κ3) is 3.31. The number of carbonyl (C=O) groups is 1. The van der Waals surface area contributed by atoms with Crippen LogP contribution in [0.15, 0.2) is 30.3 Å². The van der Waals surface area contributed by atoms with Gasteiger partial charge in [0.2, 0.25) is 0 Å². The summed E-state index contributed by atoms with van der Waals surface area (Å²) in [5.41, 5.74) is 1.09. The van der Waals surface area contributed by atoms with E-state index < -0.39 is 12.0 Å². The molecular weight excluding hydrogens is 228 g/mol. The van der Waals surface area contributed by atoms with Gasteiger partial charge in [-0.1, -0.05) is 30.3 Å². The normalized spacial score (nSPS) is 19.6. The summed E-state index contributed by atoms with van der Waals surface area (Å²) >= 11 is 0. The topological polar surface area (TPSA) is 43.8 Å². The SMILES string of the molecule is CN1CCN([C@@H](Cc2ccccc2)C(=O)O)CC1. The van der Waals surface area contributed by atoms with Gasteiger partial charge >= 0.3 is 5.97 Å². The lowest BCUT2D eigenvalue weighted by atomic mass is 10.0. The number of hydrogen-bond acceptors (Lipinski definition) is 3. The molecule has 4 heteroatoms. The highest BCUT2D eigenvalue weighted by atomic mass is 16.4. The average Bonchev–Trinajstić information content (AvgIpc) is 2.38. The number of piperazine rings is 1. The summed E-state index contributed by atoms with van der Waals surface area (Å²) < 4.78 is 0. The minimum Gasteiger partial charge on any atom is -0.480 e. The standard InChI is InChI=1S/C14H20N2O2/c1-15-7-9-16(10-8-15)13(14(17)18)11-12-5-3-2-4-6-12/h2-6,13H,7-11H2,1H3,(H,17,18)/t13-/m0/s1. The number of rotatable bonds is 4. The molecule has 98 valence electrons. The van der Waals surface area contributed by atoms with E-state index in [0.29, 0.717) is 6.42 Å². The molecule has 0 aromatic heterocycles. The zero-order chi connectivity index (χ0) is 13.0. The van der Waals surface area contributed by atoms with Crippen molar-refractivity contribution >= 4 is 5.97 Å². The van der Waals surface area contributed by atoms with Crippen LogP contribution in [0.3, 0.4) is 0 Å². The van der Waals surface area contributed by atoms with Crippen LogP contribution in [0.1, 0.15) is 5.56 Å². The Morgan fingerprint density at radius 3 is 2.39 bits per heavy atom. The van der Waals surface area contributed by atoms with Gasteiger partial charge in [0.1, 0.15) is 6.04 Å².